The molecule has 1 saturated heterocycles. The minimum Gasteiger partial charge on any atom is -0.368 e. The Kier molecular flexibility index (Phi) is 2.03. The van der Waals surface area contributed by atoms with Crippen LogP contribution in [-0.4, -0.2) is 11.7 Å². The summed E-state index contributed by atoms with van der Waals surface area (Å²) in [5, 5.41) is 0. The van der Waals surface area contributed by atoms with Crippen LogP contribution in [0.15, 0.2) is 11.1 Å². The normalized spacial score (nSPS) is 37.8. The number of ether oxygens (including phenoxy) is 1. The molecule has 13 heavy (non-hydrogen) atoms. The van der Waals surface area contributed by atoms with E-state index in [1.54, 1.807) is 11.1 Å². The number of fused-ring (bicyclic) bond motifs is 1. The largest absolute Gasteiger partial charge is 0.368 e. The Morgan fingerprint density at radius 2 is 2.08 bits per heavy atom. The Labute approximate surface area is 81.2 Å². The fourth-order valence-corrected chi connectivity index (χ4v) is 3.12. The molecule has 0 radical (unpaired) electrons. The minimum absolute atomic E-state index is 0.0798. The van der Waals surface area contributed by atoms with Gasteiger partial charge in [0, 0.05) is 5.92 Å². The molecule has 1 aliphatic carbocycles. The predicted molar refractivity (Wildman–Crippen MR) is 54.7 cm³/mol. The lowest BCUT2D eigenvalue weighted by Crippen LogP contribution is -2.29. The van der Waals surface area contributed by atoms with Gasteiger partial charge in [0.1, 0.15) is 0 Å². The molecule has 1 aliphatic heterocycles. The van der Waals surface area contributed by atoms with Crippen molar-refractivity contribution >= 4 is 0 Å². The quantitative estimate of drug-likeness (QED) is 0.520. The molecule has 1 heterocycles. The van der Waals surface area contributed by atoms with E-state index in [9.17, 15) is 0 Å². The van der Waals surface area contributed by atoms with E-state index in [0.717, 1.165) is 0 Å². The van der Waals surface area contributed by atoms with Gasteiger partial charge >= 0.3 is 0 Å². The van der Waals surface area contributed by atoms with E-state index in [-0.39, 0.29) is 5.60 Å². The van der Waals surface area contributed by atoms with Gasteiger partial charge < -0.3 is 4.74 Å². The zero-order valence-corrected chi connectivity index (χ0v) is 9.18. The first-order chi connectivity index (χ1) is 6.02. The molecule has 0 bridgehead atoms. The fraction of sp³-hybridized carbons (Fsp3) is 0.833. The highest BCUT2D eigenvalue weighted by atomic mass is 16.5. The van der Waals surface area contributed by atoms with Crippen molar-refractivity contribution in [2.45, 2.75) is 58.7 Å². The molecule has 0 aromatic rings. The summed E-state index contributed by atoms with van der Waals surface area (Å²) >= 11 is 0. The lowest BCUT2D eigenvalue weighted by atomic mass is 9.76. The van der Waals surface area contributed by atoms with Crippen LogP contribution < -0.4 is 0 Å². The second-order valence-electron chi connectivity index (χ2n) is 5.04. The summed E-state index contributed by atoms with van der Waals surface area (Å²) in [4.78, 5) is 0. The Bertz CT molecular complexity index is 250. The van der Waals surface area contributed by atoms with Gasteiger partial charge in [-0.25, -0.2) is 0 Å². The average Bonchev–Trinajstić information content (AvgIpc) is 2.24. The Hall–Kier alpha value is -0.300. The molecular weight excluding hydrogens is 160 g/mol. The molecule has 0 amide bonds. The molecular formula is C12H20O. The summed E-state index contributed by atoms with van der Waals surface area (Å²) in [5.74, 6) is 0.691. The molecule has 2 rings (SSSR count). The number of hydrogen-bond acceptors (Lipinski definition) is 1. The minimum atomic E-state index is 0.0798. The SMILES string of the molecule is CC1=C2C(C)OC(C)(C)C2CCC1. The van der Waals surface area contributed by atoms with Crippen LogP contribution >= 0.6 is 0 Å². The van der Waals surface area contributed by atoms with Crippen LogP contribution in [0.4, 0.5) is 0 Å². The summed E-state index contributed by atoms with van der Waals surface area (Å²) in [5.41, 5.74) is 3.28. The molecule has 0 spiro atoms. The summed E-state index contributed by atoms with van der Waals surface area (Å²) in [6, 6.07) is 0. The van der Waals surface area contributed by atoms with Crippen molar-refractivity contribution in [2.75, 3.05) is 0 Å². The maximum Gasteiger partial charge on any atom is 0.0770 e. The molecule has 0 aromatic carbocycles. The first-order valence-electron chi connectivity index (χ1n) is 5.40. The highest BCUT2D eigenvalue weighted by molar-refractivity contribution is 5.28. The van der Waals surface area contributed by atoms with E-state index in [1.807, 2.05) is 0 Å². The molecule has 1 nitrogen and oxygen atoms in total. The van der Waals surface area contributed by atoms with Crippen molar-refractivity contribution < 1.29 is 4.74 Å². The van der Waals surface area contributed by atoms with E-state index in [2.05, 4.69) is 27.7 Å². The van der Waals surface area contributed by atoms with Crippen molar-refractivity contribution in [3.8, 4) is 0 Å². The van der Waals surface area contributed by atoms with Gasteiger partial charge in [-0.2, -0.15) is 0 Å². The first-order valence-corrected chi connectivity index (χ1v) is 5.40. The topological polar surface area (TPSA) is 9.23 Å². The number of rotatable bonds is 0. The smallest absolute Gasteiger partial charge is 0.0770 e. The van der Waals surface area contributed by atoms with Crippen LogP contribution in [0.5, 0.6) is 0 Å². The summed E-state index contributed by atoms with van der Waals surface area (Å²) in [6.07, 6.45) is 4.32. The van der Waals surface area contributed by atoms with Crippen LogP contribution in [0.25, 0.3) is 0 Å². The van der Waals surface area contributed by atoms with Gasteiger partial charge in [0.05, 0.1) is 11.7 Å². The van der Waals surface area contributed by atoms with Crippen molar-refractivity contribution in [3.05, 3.63) is 11.1 Å². The molecule has 0 N–H and O–H groups in total. The van der Waals surface area contributed by atoms with Crippen LogP contribution in [-0.2, 0) is 4.74 Å². The highest BCUT2D eigenvalue weighted by Crippen LogP contribution is 2.47. The van der Waals surface area contributed by atoms with Crippen molar-refractivity contribution in [2.24, 2.45) is 5.92 Å². The number of allylic oxidation sites excluding steroid dienone is 1. The number of hydrogen-bond donors (Lipinski definition) is 0. The third-order valence-corrected chi connectivity index (χ3v) is 3.67. The Morgan fingerprint density at radius 3 is 2.69 bits per heavy atom. The van der Waals surface area contributed by atoms with Gasteiger partial charge in [-0.3, -0.25) is 0 Å². The van der Waals surface area contributed by atoms with Crippen molar-refractivity contribution in [1.29, 1.82) is 0 Å². The third-order valence-electron chi connectivity index (χ3n) is 3.67. The van der Waals surface area contributed by atoms with Crippen LogP contribution in [0.2, 0.25) is 0 Å². The monoisotopic (exact) mass is 180 g/mol. The average molecular weight is 180 g/mol. The molecule has 2 atom stereocenters. The van der Waals surface area contributed by atoms with Gasteiger partial charge in [-0.05, 0) is 52.5 Å². The fourth-order valence-electron chi connectivity index (χ4n) is 3.12. The van der Waals surface area contributed by atoms with E-state index < -0.39 is 0 Å². The van der Waals surface area contributed by atoms with Crippen LogP contribution in [0, 0.1) is 5.92 Å². The van der Waals surface area contributed by atoms with E-state index in [4.69, 9.17) is 4.74 Å². The Balaban J connectivity index is 2.39. The van der Waals surface area contributed by atoms with Gasteiger partial charge in [0.15, 0.2) is 0 Å². The van der Waals surface area contributed by atoms with Gasteiger partial charge in [0.2, 0.25) is 0 Å². The molecule has 74 valence electrons. The van der Waals surface area contributed by atoms with Crippen LogP contribution in [0.1, 0.15) is 47.0 Å². The van der Waals surface area contributed by atoms with Crippen molar-refractivity contribution in [1.82, 2.24) is 0 Å². The predicted octanol–water partition coefficient (Wildman–Crippen LogP) is 3.30. The molecule has 2 unspecified atom stereocenters. The van der Waals surface area contributed by atoms with Gasteiger partial charge in [-0.1, -0.05) is 5.57 Å². The zero-order chi connectivity index (χ0) is 9.64. The zero-order valence-electron chi connectivity index (χ0n) is 9.18. The highest BCUT2D eigenvalue weighted by Gasteiger charge is 2.45. The summed E-state index contributed by atoms with van der Waals surface area (Å²) in [7, 11) is 0. The van der Waals surface area contributed by atoms with Gasteiger partial charge in [-0.15, -0.1) is 0 Å². The molecule has 1 heteroatoms. The van der Waals surface area contributed by atoms with E-state index >= 15 is 0 Å². The lowest BCUT2D eigenvalue weighted by molar-refractivity contribution is -0.0248. The summed E-state index contributed by atoms with van der Waals surface area (Å²) < 4.78 is 6.01. The molecule has 1 fully saturated rings. The first kappa shape index (κ1) is 9.26. The maximum absolute atomic E-state index is 6.01. The van der Waals surface area contributed by atoms with Gasteiger partial charge in [0.25, 0.3) is 0 Å². The Morgan fingerprint density at radius 1 is 1.38 bits per heavy atom. The maximum atomic E-state index is 6.01. The van der Waals surface area contributed by atoms with E-state index in [1.165, 1.54) is 19.3 Å². The summed E-state index contributed by atoms with van der Waals surface area (Å²) in [6.45, 7) is 8.95. The van der Waals surface area contributed by atoms with E-state index in [0.29, 0.717) is 12.0 Å². The molecule has 0 aromatic heterocycles. The third kappa shape index (κ3) is 1.34. The second kappa shape index (κ2) is 2.84. The standard InChI is InChI=1S/C12H20O/c1-8-6-5-7-10-11(8)9(2)13-12(10,3)4/h9-10H,5-7H2,1-4H3. The lowest BCUT2D eigenvalue weighted by Gasteiger charge is -2.29. The van der Waals surface area contributed by atoms with Crippen molar-refractivity contribution in [3.63, 3.8) is 0 Å². The molecule has 2 aliphatic rings. The second-order valence-corrected chi connectivity index (χ2v) is 5.04. The van der Waals surface area contributed by atoms with Crippen LogP contribution in [0.3, 0.4) is 0 Å². The molecule has 0 saturated carbocycles.